The van der Waals surface area contributed by atoms with Crippen molar-refractivity contribution in [3.8, 4) is 0 Å². The van der Waals surface area contributed by atoms with Crippen LogP contribution in [0.4, 0.5) is 0 Å². The van der Waals surface area contributed by atoms with Crippen LogP contribution in [0, 0.1) is 0 Å². The zero-order valence-corrected chi connectivity index (χ0v) is 10.3. The number of thiophene rings is 1. The first-order valence-corrected chi connectivity index (χ1v) is 6.48. The molecule has 2 atom stereocenters. The van der Waals surface area contributed by atoms with Crippen LogP contribution in [-0.2, 0) is 11.2 Å². The van der Waals surface area contributed by atoms with Crippen molar-refractivity contribution in [2.75, 3.05) is 7.11 Å². The highest BCUT2D eigenvalue weighted by atomic mass is 32.1. The van der Waals surface area contributed by atoms with Crippen LogP contribution in [0.2, 0.25) is 0 Å². The third kappa shape index (κ3) is 2.10. The highest BCUT2D eigenvalue weighted by Gasteiger charge is 2.23. The second kappa shape index (κ2) is 4.64. The Morgan fingerprint density at radius 2 is 2.47 bits per heavy atom. The van der Waals surface area contributed by atoms with Crippen molar-refractivity contribution >= 4 is 11.3 Å². The van der Waals surface area contributed by atoms with Gasteiger partial charge in [-0.05, 0) is 37.3 Å². The molecule has 1 aliphatic carbocycles. The normalized spacial score (nSPS) is 22.5. The lowest BCUT2D eigenvalue weighted by molar-refractivity contribution is 0.0888. The van der Waals surface area contributed by atoms with Crippen molar-refractivity contribution in [3.05, 3.63) is 21.4 Å². The minimum atomic E-state index is 0.207. The number of fused-ring (bicyclic) bond motifs is 1. The Morgan fingerprint density at radius 1 is 1.67 bits per heavy atom. The van der Waals surface area contributed by atoms with Gasteiger partial charge >= 0.3 is 0 Å². The summed E-state index contributed by atoms with van der Waals surface area (Å²) in [5.41, 5.74) is 7.46. The van der Waals surface area contributed by atoms with E-state index in [1.807, 2.05) is 11.3 Å². The first kappa shape index (κ1) is 11.1. The van der Waals surface area contributed by atoms with Gasteiger partial charge in [-0.1, -0.05) is 6.92 Å². The smallest absolute Gasteiger partial charge is 0.0832 e. The molecule has 0 saturated heterocycles. The summed E-state index contributed by atoms with van der Waals surface area (Å²) in [5.74, 6) is 0. The lowest BCUT2D eigenvalue weighted by Gasteiger charge is -2.20. The van der Waals surface area contributed by atoms with Crippen LogP contribution in [0.15, 0.2) is 6.07 Å². The first-order valence-electron chi connectivity index (χ1n) is 5.67. The Hall–Kier alpha value is -0.380. The monoisotopic (exact) mass is 225 g/mol. The summed E-state index contributed by atoms with van der Waals surface area (Å²) in [6, 6.07) is 2.47. The van der Waals surface area contributed by atoms with E-state index < -0.39 is 0 Å². The quantitative estimate of drug-likeness (QED) is 0.857. The molecule has 84 valence electrons. The third-order valence-corrected chi connectivity index (χ3v) is 4.51. The van der Waals surface area contributed by atoms with E-state index in [9.17, 15) is 0 Å². The number of ether oxygens (including phenoxy) is 1. The average molecular weight is 225 g/mol. The van der Waals surface area contributed by atoms with Crippen molar-refractivity contribution in [3.63, 3.8) is 0 Å². The standard InChI is InChI=1S/C12H19NOS/c1-3-9(13)12-7-8-10(14-2)5-4-6-11(8)15-12/h7,9-10H,3-6,13H2,1-2H3. The zero-order chi connectivity index (χ0) is 10.8. The van der Waals surface area contributed by atoms with E-state index in [1.165, 1.54) is 28.2 Å². The van der Waals surface area contributed by atoms with Gasteiger partial charge < -0.3 is 10.5 Å². The van der Waals surface area contributed by atoms with E-state index >= 15 is 0 Å². The van der Waals surface area contributed by atoms with Gasteiger partial charge in [-0.2, -0.15) is 0 Å². The van der Waals surface area contributed by atoms with Crippen molar-refractivity contribution in [1.29, 1.82) is 0 Å². The fourth-order valence-corrected chi connectivity index (χ4v) is 3.51. The minimum Gasteiger partial charge on any atom is -0.377 e. The molecule has 0 radical (unpaired) electrons. The van der Waals surface area contributed by atoms with Crippen molar-refractivity contribution < 1.29 is 4.74 Å². The largest absolute Gasteiger partial charge is 0.377 e. The lowest BCUT2D eigenvalue weighted by atomic mass is 9.95. The van der Waals surface area contributed by atoms with Crippen molar-refractivity contribution in [2.24, 2.45) is 5.73 Å². The van der Waals surface area contributed by atoms with Gasteiger partial charge in [-0.3, -0.25) is 0 Å². The number of nitrogens with two attached hydrogens (primary N) is 1. The predicted molar refractivity (Wildman–Crippen MR) is 64.2 cm³/mol. The number of hydrogen-bond donors (Lipinski definition) is 1. The Bertz CT molecular complexity index is 334. The summed E-state index contributed by atoms with van der Waals surface area (Å²) in [6.45, 7) is 2.14. The molecule has 1 aromatic heterocycles. The van der Waals surface area contributed by atoms with Crippen LogP contribution in [0.25, 0.3) is 0 Å². The molecule has 0 aromatic carbocycles. The Morgan fingerprint density at radius 3 is 3.13 bits per heavy atom. The number of aryl methyl sites for hydroxylation is 1. The van der Waals surface area contributed by atoms with Gasteiger partial charge in [0, 0.05) is 22.9 Å². The molecule has 3 heteroatoms. The second-order valence-corrected chi connectivity index (χ2v) is 5.33. The Labute approximate surface area is 95.4 Å². The highest BCUT2D eigenvalue weighted by Crippen LogP contribution is 2.39. The third-order valence-electron chi connectivity index (χ3n) is 3.17. The molecule has 1 aromatic rings. The van der Waals surface area contributed by atoms with Gasteiger partial charge in [0.15, 0.2) is 0 Å². The van der Waals surface area contributed by atoms with Crippen LogP contribution in [0.1, 0.15) is 53.6 Å². The van der Waals surface area contributed by atoms with E-state index in [2.05, 4.69) is 13.0 Å². The maximum Gasteiger partial charge on any atom is 0.0832 e. The maximum absolute atomic E-state index is 6.06. The topological polar surface area (TPSA) is 35.2 Å². The predicted octanol–water partition coefficient (Wildman–Crippen LogP) is 3.18. The number of rotatable bonds is 3. The molecule has 0 saturated carbocycles. The molecule has 2 rings (SSSR count). The molecule has 2 unspecified atom stereocenters. The van der Waals surface area contributed by atoms with E-state index in [-0.39, 0.29) is 6.04 Å². The van der Waals surface area contributed by atoms with Crippen molar-refractivity contribution in [2.45, 2.75) is 44.8 Å². The molecule has 0 amide bonds. The fourth-order valence-electron chi connectivity index (χ4n) is 2.16. The van der Waals surface area contributed by atoms with Gasteiger partial charge in [0.1, 0.15) is 0 Å². The average Bonchev–Trinajstić information content (AvgIpc) is 2.71. The molecule has 2 N–H and O–H groups in total. The van der Waals surface area contributed by atoms with Crippen LogP contribution >= 0.6 is 11.3 Å². The molecule has 2 nitrogen and oxygen atoms in total. The minimum absolute atomic E-state index is 0.207. The van der Waals surface area contributed by atoms with Gasteiger partial charge in [-0.15, -0.1) is 11.3 Å². The van der Waals surface area contributed by atoms with E-state index in [0.717, 1.165) is 12.8 Å². The number of hydrogen-bond acceptors (Lipinski definition) is 3. The summed E-state index contributed by atoms with van der Waals surface area (Å²) >= 11 is 1.88. The molecule has 0 spiro atoms. The van der Waals surface area contributed by atoms with Gasteiger partial charge in [-0.25, -0.2) is 0 Å². The Kier molecular flexibility index (Phi) is 3.44. The number of methoxy groups -OCH3 is 1. The fraction of sp³-hybridized carbons (Fsp3) is 0.667. The SMILES string of the molecule is CCC(N)c1cc2c(s1)CCCC2OC. The molecule has 15 heavy (non-hydrogen) atoms. The van der Waals surface area contributed by atoms with Gasteiger partial charge in [0.2, 0.25) is 0 Å². The van der Waals surface area contributed by atoms with E-state index in [1.54, 1.807) is 7.11 Å². The molecule has 0 fully saturated rings. The van der Waals surface area contributed by atoms with E-state index in [4.69, 9.17) is 10.5 Å². The maximum atomic E-state index is 6.06. The summed E-state index contributed by atoms with van der Waals surface area (Å²) in [4.78, 5) is 2.82. The lowest BCUT2D eigenvalue weighted by Crippen LogP contribution is -2.08. The molecular weight excluding hydrogens is 206 g/mol. The summed E-state index contributed by atoms with van der Waals surface area (Å²) in [6.07, 6.45) is 4.92. The van der Waals surface area contributed by atoms with Crippen LogP contribution in [0.5, 0.6) is 0 Å². The van der Waals surface area contributed by atoms with Gasteiger partial charge in [0.05, 0.1) is 6.10 Å². The molecular formula is C12H19NOS. The van der Waals surface area contributed by atoms with Crippen LogP contribution < -0.4 is 5.73 Å². The summed E-state index contributed by atoms with van der Waals surface area (Å²) in [7, 11) is 1.80. The first-order chi connectivity index (χ1) is 7.26. The molecule has 0 aliphatic heterocycles. The zero-order valence-electron chi connectivity index (χ0n) is 9.45. The molecule has 1 heterocycles. The van der Waals surface area contributed by atoms with Crippen LogP contribution in [0.3, 0.4) is 0 Å². The molecule has 0 bridgehead atoms. The van der Waals surface area contributed by atoms with E-state index in [0.29, 0.717) is 6.10 Å². The summed E-state index contributed by atoms with van der Waals surface area (Å²) in [5, 5.41) is 0. The highest BCUT2D eigenvalue weighted by molar-refractivity contribution is 7.12. The van der Waals surface area contributed by atoms with Gasteiger partial charge in [0.25, 0.3) is 0 Å². The van der Waals surface area contributed by atoms with Crippen molar-refractivity contribution in [1.82, 2.24) is 0 Å². The van der Waals surface area contributed by atoms with Crippen LogP contribution in [-0.4, -0.2) is 7.11 Å². The second-order valence-electron chi connectivity index (χ2n) is 4.16. The Balaban J connectivity index is 2.29. The summed E-state index contributed by atoms with van der Waals surface area (Å²) < 4.78 is 5.51. The molecule has 1 aliphatic rings.